The summed E-state index contributed by atoms with van der Waals surface area (Å²) in [6.45, 7) is 5.40. The summed E-state index contributed by atoms with van der Waals surface area (Å²) in [5.74, 6) is 0.661. The summed E-state index contributed by atoms with van der Waals surface area (Å²) in [6.07, 6.45) is 4.31. The van der Waals surface area contributed by atoms with E-state index in [0.717, 1.165) is 17.7 Å². The first-order valence-electron chi connectivity index (χ1n) is 7.95. The molecule has 0 aliphatic rings. The lowest BCUT2D eigenvalue weighted by atomic mass is 10.2. The Morgan fingerprint density at radius 2 is 2.04 bits per heavy atom. The molecule has 0 atom stereocenters. The molecule has 1 aromatic heterocycles. The lowest BCUT2D eigenvalue weighted by Crippen LogP contribution is -2.38. The summed E-state index contributed by atoms with van der Waals surface area (Å²) < 4.78 is 0. The number of nitrogens with one attached hydrogen (secondary N) is 2. The van der Waals surface area contributed by atoms with E-state index in [1.54, 1.807) is 24.4 Å². The van der Waals surface area contributed by atoms with Gasteiger partial charge in [0.25, 0.3) is 5.69 Å². The minimum Gasteiger partial charge on any atom is -0.356 e. The highest BCUT2D eigenvalue weighted by Gasteiger charge is 2.04. The zero-order valence-corrected chi connectivity index (χ0v) is 13.9. The first-order chi connectivity index (χ1) is 12.2. The van der Waals surface area contributed by atoms with Gasteiger partial charge in [-0.15, -0.1) is 6.58 Å². The fourth-order valence-electron chi connectivity index (χ4n) is 2.09. The molecule has 25 heavy (non-hydrogen) atoms. The molecule has 0 fully saturated rings. The average molecular weight is 339 g/mol. The van der Waals surface area contributed by atoms with Crippen molar-refractivity contribution in [3.8, 4) is 0 Å². The molecule has 130 valence electrons. The van der Waals surface area contributed by atoms with Crippen LogP contribution in [0.1, 0.15) is 11.3 Å². The van der Waals surface area contributed by atoms with Crippen LogP contribution >= 0.6 is 0 Å². The zero-order valence-electron chi connectivity index (χ0n) is 13.9. The standard InChI is InChI=1S/C18H21N5O2/c1-2-11-20-18(21-13-10-16-5-3-4-12-19-16)22-14-15-6-8-17(9-7-15)23(24)25/h2-9,12H,1,10-11,13-14H2,(H2,20,21,22). The summed E-state index contributed by atoms with van der Waals surface area (Å²) in [5.41, 5.74) is 1.98. The molecule has 7 heteroatoms. The number of pyridine rings is 1. The molecule has 0 unspecified atom stereocenters. The van der Waals surface area contributed by atoms with Crippen LogP contribution in [0.25, 0.3) is 0 Å². The molecule has 1 heterocycles. The number of aromatic nitrogens is 1. The van der Waals surface area contributed by atoms with Gasteiger partial charge in [-0.25, -0.2) is 4.99 Å². The van der Waals surface area contributed by atoms with Crippen molar-refractivity contribution in [1.29, 1.82) is 0 Å². The third-order valence-electron chi connectivity index (χ3n) is 3.38. The molecule has 0 saturated heterocycles. The number of hydrogen-bond donors (Lipinski definition) is 2. The van der Waals surface area contributed by atoms with Crippen molar-refractivity contribution in [2.45, 2.75) is 13.0 Å². The van der Waals surface area contributed by atoms with Crippen molar-refractivity contribution in [3.63, 3.8) is 0 Å². The van der Waals surface area contributed by atoms with Crippen molar-refractivity contribution in [3.05, 3.63) is 82.7 Å². The summed E-state index contributed by atoms with van der Waals surface area (Å²) in [7, 11) is 0. The molecule has 7 nitrogen and oxygen atoms in total. The van der Waals surface area contributed by atoms with E-state index < -0.39 is 4.92 Å². The molecule has 1 aromatic carbocycles. The van der Waals surface area contributed by atoms with Gasteiger partial charge in [-0.05, 0) is 17.7 Å². The molecular formula is C18H21N5O2. The van der Waals surface area contributed by atoms with Crippen LogP contribution in [-0.2, 0) is 13.0 Å². The van der Waals surface area contributed by atoms with Crippen LogP contribution in [0.15, 0.2) is 66.3 Å². The van der Waals surface area contributed by atoms with Crippen LogP contribution in [0.3, 0.4) is 0 Å². The van der Waals surface area contributed by atoms with Gasteiger partial charge in [-0.3, -0.25) is 15.1 Å². The summed E-state index contributed by atoms with van der Waals surface area (Å²) in [6, 6.07) is 12.2. The number of guanidine groups is 1. The van der Waals surface area contributed by atoms with Crippen molar-refractivity contribution in [2.24, 2.45) is 4.99 Å². The molecule has 0 aliphatic heterocycles. The summed E-state index contributed by atoms with van der Waals surface area (Å²) in [5, 5.41) is 17.1. The van der Waals surface area contributed by atoms with E-state index in [4.69, 9.17) is 0 Å². The van der Waals surface area contributed by atoms with Gasteiger partial charge in [0, 0.05) is 43.5 Å². The molecule has 0 radical (unpaired) electrons. The van der Waals surface area contributed by atoms with Crippen LogP contribution in [0.2, 0.25) is 0 Å². The number of non-ortho nitro benzene ring substituents is 1. The van der Waals surface area contributed by atoms with E-state index in [1.165, 1.54) is 12.1 Å². The maximum absolute atomic E-state index is 10.7. The number of benzene rings is 1. The highest BCUT2D eigenvalue weighted by Crippen LogP contribution is 2.12. The Balaban J connectivity index is 1.91. The minimum atomic E-state index is -0.413. The van der Waals surface area contributed by atoms with Crippen molar-refractivity contribution in [1.82, 2.24) is 15.6 Å². The SMILES string of the molecule is C=CCNC(=NCc1ccc([N+](=O)[O-])cc1)NCCc1ccccn1. The molecule has 2 N–H and O–H groups in total. The molecule has 0 amide bonds. The van der Waals surface area contributed by atoms with Gasteiger partial charge in [0.05, 0.1) is 11.5 Å². The normalized spacial score (nSPS) is 11.0. The van der Waals surface area contributed by atoms with Crippen molar-refractivity contribution >= 4 is 11.6 Å². The first-order valence-corrected chi connectivity index (χ1v) is 7.95. The van der Waals surface area contributed by atoms with E-state index in [1.807, 2.05) is 18.2 Å². The van der Waals surface area contributed by atoms with Crippen molar-refractivity contribution < 1.29 is 4.92 Å². The van der Waals surface area contributed by atoms with E-state index in [9.17, 15) is 10.1 Å². The monoisotopic (exact) mass is 339 g/mol. The Labute approximate surface area is 146 Å². The lowest BCUT2D eigenvalue weighted by Gasteiger charge is -2.11. The maximum atomic E-state index is 10.7. The summed E-state index contributed by atoms with van der Waals surface area (Å²) in [4.78, 5) is 19.0. The van der Waals surface area contributed by atoms with Gasteiger partial charge >= 0.3 is 0 Å². The van der Waals surface area contributed by atoms with Gasteiger partial charge in [0.15, 0.2) is 5.96 Å². The maximum Gasteiger partial charge on any atom is 0.269 e. The Kier molecular flexibility index (Phi) is 7.12. The molecule has 0 saturated carbocycles. The van der Waals surface area contributed by atoms with E-state index >= 15 is 0 Å². The van der Waals surface area contributed by atoms with Crippen molar-refractivity contribution in [2.75, 3.05) is 13.1 Å². The number of rotatable bonds is 8. The number of nitro groups is 1. The Morgan fingerprint density at radius 1 is 1.24 bits per heavy atom. The quantitative estimate of drug-likeness (QED) is 0.253. The van der Waals surface area contributed by atoms with Crippen LogP contribution in [0.5, 0.6) is 0 Å². The first kappa shape index (κ1) is 18.1. The van der Waals surface area contributed by atoms with Gasteiger partial charge in [-0.2, -0.15) is 0 Å². The Hall–Kier alpha value is -3.22. The third kappa shape index (κ3) is 6.42. The van der Waals surface area contributed by atoms with Gasteiger partial charge in [0.1, 0.15) is 0 Å². The lowest BCUT2D eigenvalue weighted by molar-refractivity contribution is -0.384. The van der Waals surface area contributed by atoms with E-state index in [2.05, 4.69) is 27.2 Å². The van der Waals surface area contributed by atoms with Gasteiger partial charge in [-0.1, -0.05) is 24.3 Å². The van der Waals surface area contributed by atoms with Crippen LogP contribution in [0, 0.1) is 10.1 Å². The molecule has 2 rings (SSSR count). The average Bonchev–Trinajstić information content (AvgIpc) is 2.64. The molecular weight excluding hydrogens is 318 g/mol. The largest absolute Gasteiger partial charge is 0.356 e. The number of aliphatic imine (C=N–C) groups is 1. The number of nitrogens with zero attached hydrogens (tertiary/aromatic N) is 3. The second-order valence-corrected chi connectivity index (χ2v) is 5.26. The van der Waals surface area contributed by atoms with E-state index in [0.29, 0.717) is 25.6 Å². The van der Waals surface area contributed by atoms with Crippen LogP contribution in [-0.4, -0.2) is 29.0 Å². The second kappa shape index (κ2) is 9.82. The fraction of sp³-hybridized carbons (Fsp3) is 0.222. The fourth-order valence-corrected chi connectivity index (χ4v) is 2.09. The topological polar surface area (TPSA) is 92.5 Å². The predicted molar refractivity (Wildman–Crippen MR) is 98.4 cm³/mol. The van der Waals surface area contributed by atoms with Gasteiger partial charge < -0.3 is 10.6 Å². The molecule has 0 aliphatic carbocycles. The highest BCUT2D eigenvalue weighted by atomic mass is 16.6. The van der Waals surface area contributed by atoms with Gasteiger partial charge in [0.2, 0.25) is 0 Å². The Bertz CT molecular complexity index is 714. The molecule has 2 aromatic rings. The van der Waals surface area contributed by atoms with E-state index in [-0.39, 0.29) is 5.69 Å². The number of nitro benzene ring substituents is 1. The predicted octanol–water partition coefficient (Wildman–Crippen LogP) is 2.45. The Morgan fingerprint density at radius 3 is 2.68 bits per heavy atom. The highest BCUT2D eigenvalue weighted by molar-refractivity contribution is 5.79. The smallest absolute Gasteiger partial charge is 0.269 e. The minimum absolute atomic E-state index is 0.0752. The molecule has 0 bridgehead atoms. The third-order valence-corrected chi connectivity index (χ3v) is 3.38. The van der Waals surface area contributed by atoms with Crippen LogP contribution in [0.4, 0.5) is 5.69 Å². The summed E-state index contributed by atoms with van der Waals surface area (Å²) >= 11 is 0. The van der Waals surface area contributed by atoms with Crippen LogP contribution < -0.4 is 10.6 Å². The zero-order chi connectivity index (χ0) is 17.9. The second-order valence-electron chi connectivity index (χ2n) is 5.26. The number of hydrogen-bond acceptors (Lipinski definition) is 4. The molecule has 0 spiro atoms.